The first-order valence-corrected chi connectivity index (χ1v) is 4.51. The van der Waals surface area contributed by atoms with E-state index in [1.807, 2.05) is 0 Å². The largest absolute Gasteiger partial charge is 0.748 e. The molecule has 0 rings (SSSR count). The fourth-order valence-electron chi connectivity index (χ4n) is 0. The molecule has 4 nitrogen and oxygen atoms in total. The zero-order chi connectivity index (χ0) is 9.00. The number of quaternary nitrogens is 1. The molecule has 0 aromatic carbocycles. The summed E-state index contributed by atoms with van der Waals surface area (Å²) in [6.45, 7) is 0. The molecule has 0 fully saturated rings. The van der Waals surface area contributed by atoms with Crippen molar-refractivity contribution in [3.63, 3.8) is 0 Å². The Morgan fingerprint density at radius 1 is 1.10 bits per heavy atom. The van der Waals surface area contributed by atoms with Gasteiger partial charge in [0.15, 0.2) is 0 Å². The first kappa shape index (κ1) is 12.5. The third-order valence-corrected chi connectivity index (χ3v) is 0. The second-order valence-electron chi connectivity index (χ2n) is 3.39. The molecule has 0 unspecified atom stereocenters. The van der Waals surface area contributed by atoms with Crippen LogP contribution in [-0.2, 0) is 10.1 Å². The van der Waals surface area contributed by atoms with Crippen LogP contribution in [0, 0.1) is 0 Å². The van der Waals surface area contributed by atoms with E-state index < -0.39 is 10.1 Å². The molecule has 0 atom stereocenters. The Hall–Kier alpha value is -0.130. The van der Waals surface area contributed by atoms with Crippen molar-refractivity contribution in [1.29, 1.82) is 0 Å². The van der Waals surface area contributed by atoms with Crippen LogP contribution in [0.5, 0.6) is 0 Å². The fraction of sp³-hybridized carbons (Fsp3) is 1.00. The smallest absolute Gasteiger partial charge is 0.0916 e. The molecule has 0 aliphatic carbocycles. The third kappa shape index (κ3) is 22000. The minimum Gasteiger partial charge on any atom is -0.748 e. The Labute approximate surface area is 62.8 Å². The van der Waals surface area contributed by atoms with Crippen LogP contribution in [0.2, 0.25) is 0 Å². The van der Waals surface area contributed by atoms with E-state index in [2.05, 4.69) is 28.2 Å². The molecule has 0 heterocycles. The lowest BCUT2D eigenvalue weighted by Gasteiger charge is -2.14. The molecule has 0 saturated heterocycles. The molecule has 0 amide bonds. The molecular weight excluding hydrogens is 154 g/mol. The standard InChI is InChI=1S/C4H12N.CH4O3S/c2*1-5(2,3)4/h1-4H3;1H3,(H,2,3,4)/q+1;/p-1. The van der Waals surface area contributed by atoms with Gasteiger partial charge in [-0.25, -0.2) is 8.42 Å². The zero-order valence-corrected chi connectivity index (χ0v) is 7.90. The maximum atomic E-state index is 9.08. The highest BCUT2D eigenvalue weighted by Crippen LogP contribution is 1.73. The summed E-state index contributed by atoms with van der Waals surface area (Å²) in [6, 6.07) is 0. The molecule has 5 heteroatoms. The average Bonchev–Trinajstić information content (AvgIpc) is 1.12. The number of nitrogens with zero attached hydrogens (tertiary/aromatic N) is 1. The lowest BCUT2D eigenvalue weighted by Crippen LogP contribution is -2.27. The van der Waals surface area contributed by atoms with Crippen LogP contribution in [0.1, 0.15) is 0 Å². The van der Waals surface area contributed by atoms with Gasteiger partial charge in [0.2, 0.25) is 0 Å². The van der Waals surface area contributed by atoms with E-state index in [1.165, 1.54) is 0 Å². The van der Waals surface area contributed by atoms with Gasteiger partial charge in [0.05, 0.1) is 38.3 Å². The van der Waals surface area contributed by atoms with E-state index in [4.69, 9.17) is 13.0 Å². The molecule has 0 spiro atoms. The zero-order valence-electron chi connectivity index (χ0n) is 7.08. The van der Waals surface area contributed by atoms with Crippen molar-refractivity contribution in [2.75, 3.05) is 34.4 Å². The summed E-state index contributed by atoms with van der Waals surface area (Å²) < 4.78 is 28.2. The Morgan fingerprint density at radius 3 is 1.10 bits per heavy atom. The highest BCUT2D eigenvalue weighted by Gasteiger charge is 1.88. The predicted octanol–water partition coefficient (Wildman–Crippen LogP) is -0.516. The maximum absolute atomic E-state index is 9.08. The molecule has 64 valence electrons. The van der Waals surface area contributed by atoms with Crippen molar-refractivity contribution >= 4 is 10.1 Å². The van der Waals surface area contributed by atoms with Gasteiger partial charge in [-0.15, -0.1) is 0 Å². The summed E-state index contributed by atoms with van der Waals surface area (Å²) >= 11 is 0. The first-order chi connectivity index (χ1) is 4.00. The number of rotatable bonds is 0. The summed E-state index contributed by atoms with van der Waals surface area (Å²) in [6.07, 6.45) is 0.604. The van der Waals surface area contributed by atoms with Crippen LogP contribution >= 0.6 is 0 Å². The average molecular weight is 169 g/mol. The molecule has 0 aliphatic rings. The van der Waals surface area contributed by atoms with Crippen molar-refractivity contribution in [3.05, 3.63) is 0 Å². The summed E-state index contributed by atoms with van der Waals surface area (Å²) in [5, 5.41) is 0. The minimum absolute atomic E-state index is 0.604. The topological polar surface area (TPSA) is 57.2 Å². The predicted molar refractivity (Wildman–Crippen MR) is 39.6 cm³/mol. The Kier molecular flexibility index (Phi) is 4.89. The monoisotopic (exact) mass is 169 g/mol. The van der Waals surface area contributed by atoms with Gasteiger partial charge < -0.3 is 9.04 Å². The van der Waals surface area contributed by atoms with Gasteiger partial charge in [-0.05, 0) is 0 Å². The van der Waals surface area contributed by atoms with E-state index in [0.717, 1.165) is 4.48 Å². The minimum atomic E-state index is -3.92. The van der Waals surface area contributed by atoms with Gasteiger partial charge >= 0.3 is 0 Å². The quantitative estimate of drug-likeness (QED) is 0.362. The second-order valence-corrected chi connectivity index (χ2v) is 4.80. The van der Waals surface area contributed by atoms with Crippen molar-refractivity contribution in [1.82, 2.24) is 0 Å². The lowest BCUT2D eigenvalue weighted by molar-refractivity contribution is -0.849. The summed E-state index contributed by atoms with van der Waals surface area (Å²) in [4.78, 5) is 0. The van der Waals surface area contributed by atoms with Crippen molar-refractivity contribution in [3.8, 4) is 0 Å². The lowest BCUT2D eigenvalue weighted by atomic mass is 10.8. The molecule has 0 aliphatic heterocycles. The Morgan fingerprint density at radius 2 is 1.10 bits per heavy atom. The molecule has 10 heavy (non-hydrogen) atoms. The van der Waals surface area contributed by atoms with Crippen LogP contribution < -0.4 is 0 Å². The highest BCUT2D eigenvalue weighted by molar-refractivity contribution is 7.84. The van der Waals surface area contributed by atoms with Crippen molar-refractivity contribution < 1.29 is 17.5 Å². The van der Waals surface area contributed by atoms with E-state index in [1.54, 1.807) is 0 Å². The molecule has 0 saturated carbocycles. The van der Waals surface area contributed by atoms with Gasteiger partial charge in [0.1, 0.15) is 0 Å². The van der Waals surface area contributed by atoms with Crippen molar-refractivity contribution in [2.45, 2.75) is 0 Å². The van der Waals surface area contributed by atoms with Gasteiger partial charge in [0, 0.05) is 6.26 Å². The summed E-state index contributed by atoms with van der Waals surface area (Å²) in [7, 11) is 4.58. The third-order valence-electron chi connectivity index (χ3n) is 0. The van der Waals surface area contributed by atoms with Crippen LogP contribution in [-0.4, -0.2) is 51.9 Å². The van der Waals surface area contributed by atoms with Crippen LogP contribution in [0.3, 0.4) is 0 Å². The normalized spacial score (nSPS) is 11.8. The highest BCUT2D eigenvalue weighted by atomic mass is 32.2. The molecule has 0 radical (unpaired) electrons. The maximum Gasteiger partial charge on any atom is 0.0916 e. The number of hydrogen-bond donors (Lipinski definition) is 0. The molecule has 0 N–H and O–H groups in total. The number of hydrogen-bond acceptors (Lipinski definition) is 3. The Bertz CT molecular complexity index is 152. The fourth-order valence-corrected chi connectivity index (χ4v) is 0. The van der Waals surface area contributed by atoms with E-state index in [0.29, 0.717) is 6.26 Å². The van der Waals surface area contributed by atoms with Crippen molar-refractivity contribution in [2.24, 2.45) is 0 Å². The van der Waals surface area contributed by atoms with Gasteiger partial charge in [-0.3, -0.25) is 0 Å². The second kappa shape index (κ2) is 3.90. The molecule has 0 aromatic rings. The SMILES string of the molecule is CS(=O)(=O)[O-].C[N+](C)(C)C. The van der Waals surface area contributed by atoms with Gasteiger partial charge in [-0.1, -0.05) is 0 Å². The van der Waals surface area contributed by atoms with Gasteiger partial charge in [-0.2, -0.15) is 0 Å². The molecule has 0 aromatic heterocycles. The van der Waals surface area contributed by atoms with Gasteiger partial charge in [0.25, 0.3) is 0 Å². The van der Waals surface area contributed by atoms with Crippen LogP contribution in [0.4, 0.5) is 0 Å². The van der Waals surface area contributed by atoms with E-state index in [-0.39, 0.29) is 0 Å². The first-order valence-electron chi connectivity index (χ1n) is 2.70. The van der Waals surface area contributed by atoms with Crippen LogP contribution in [0.25, 0.3) is 0 Å². The molecular formula is C5H15NO3S. The summed E-state index contributed by atoms with van der Waals surface area (Å²) in [5.41, 5.74) is 0. The Balaban J connectivity index is 0. The summed E-state index contributed by atoms with van der Waals surface area (Å²) in [5.74, 6) is 0. The molecule has 0 bridgehead atoms. The van der Waals surface area contributed by atoms with E-state index in [9.17, 15) is 0 Å². The van der Waals surface area contributed by atoms with Crippen LogP contribution in [0.15, 0.2) is 0 Å². The van der Waals surface area contributed by atoms with E-state index >= 15 is 0 Å².